The number of nitrogens with zero attached hydrogens (tertiary/aromatic N) is 1. The summed E-state index contributed by atoms with van der Waals surface area (Å²) in [4.78, 5) is 14.8. The number of benzene rings is 1. The lowest BCUT2D eigenvalue weighted by molar-refractivity contribution is -0.116. The van der Waals surface area contributed by atoms with Gasteiger partial charge in [0.2, 0.25) is 5.76 Å². The number of allylic oxidation sites excluding steroid dienone is 1. The molecule has 0 unspecified atom stereocenters. The van der Waals surface area contributed by atoms with Gasteiger partial charge in [-0.05, 0) is 31.0 Å². The summed E-state index contributed by atoms with van der Waals surface area (Å²) in [5.74, 6) is -0.177. The molecule has 1 aliphatic carbocycles. The fourth-order valence-corrected chi connectivity index (χ4v) is 2.82. The van der Waals surface area contributed by atoms with Gasteiger partial charge in [0, 0.05) is 35.4 Å². The highest BCUT2D eigenvalue weighted by molar-refractivity contribution is 6.31. The van der Waals surface area contributed by atoms with Crippen molar-refractivity contribution in [2.45, 2.75) is 19.8 Å². The fourth-order valence-electron chi connectivity index (χ4n) is 2.63. The smallest absolute Gasteiger partial charge is 0.293 e. The zero-order valence-corrected chi connectivity index (χ0v) is 15.0. The van der Waals surface area contributed by atoms with Crippen LogP contribution >= 0.6 is 11.6 Å². The van der Waals surface area contributed by atoms with Gasteiger partial charge in [0.25, 0.3) is 5.91 Å². The van der Waals surface area contributed by atoms with Gasteiger partial charge in [0.15, 0.2) is 0 Å². The van der Waals surface area contributed by atoms with E-state index in [1.54, 1.807) is 24.3 Å². The molecule has 2 fully saturated rings. The molecule has 3 rings (SSSR count). The van der Waals surface area contributed by atoms with E-state index in [-0.39, 0.29) is 17.1 Å². The van der Waals surface area contributed by atoms with Crippen molar-refractivity contribution in [3.8, 4) is 0 Å². The predicted octanol–water partition coefficient (Wildman–Crippen LogP) is 2.82. The second-order valence-electron chi connectivity index (χ2n) is 6.84. The Labute approximate surface area is 152 Å². The highest BCUT2D eigenvalue weighted by atomic mass is 35.5. The van der Waals surface area contributed by atoms with Crippen LogP contribution in [0, 0.1) is 10.8 Å². The van der Waals surface area contributed by atoms with E-state index in [2.05, 4.69) is 17.6 Å². The van der Waals surface area contributed by atoms with Crippen molar-refractivity contribution >= 4 is 29.4 Å². The van der Waals surface area contributed by atoms with Crippen molar-refractivity contribution in [3.63, 3.8) is 0 Å². The first kappa shape index (κ1) is 17.8. The van der Waals surface area contributed by atoms with Crippen LogP contribution in [0.1, 0.15) is 19.8 Å². The Morgan fingerprint density at radius 3 is 2.92 bits per heavy atom. The largest absolute Gasteiger partial charge is 0.486 e. The Hall–Kier alpha value is -2.05. The number of carbonyl (C=O) groups is 1. The third kappa shape index (κ3) is 4.52. The molecular formula is C18H23ClN4O2. The van der Waals surface area contributed by atoms with Gasteiger partial charge in [0.1, 0.15) is 5.70 Å². The lowest BCUT2D eigenvalue weighted by Gasteiger charge is -2.22. The topological polar surface area (TPSA) is 77.5 Å². The summed E-state index contributed by atoms with van der Waals surface area (Å²) in [5, 5.41) is 14.4. The van der Waals surface area contributed by atoms with Crippen molar-refractivity contribution in [2.24, 2.45) is 5.41 Å². The molecule has 6 nitrogen and oxygen atoms in total. The van der Waals surface area contributed by atoms with Crippen LogP contribution in [0.15, 0.2) is 35.7 Å². The van der Waals surface area contributed by atoms with E-state index >= 15 is 0 Å². The standard InChI is InChI=1S/C18H23ClN4O2/c1-18(5-6-18)11-25-16(15(10-20)23-8-7-21-12-23)17(24)22-14-4-2-3-13(19)9-14/h2-4,9-10,20-21H,5-8,11-12H2,1H3,(H,22,24)/b16-15-,20-10?. The second kappa shape index (κ2) is 7.45. The third-order valence-corrected chi connectivity index (χ3v) is 4.76. The normalized spacial score (nSPS) is 19.2. The number of nitrogens with one attached hydrogen (secondary N) is 3. The van der Waals surface area contributed by atoms with Gasteiger partial charge in [-0.1, -0.05) is 24.6 Å². The van der Waals surface area contributed by atoms with E-state index in [1.807, 2.05) is 4.90 Å². The molecule has 0 spiro atoms. The maximum Gasteiger partial charge on any atom is 0.293 e. The molecule has 0 radical (unpaired) electrons. The molecule has 1 aromatic rings. The van der Waals surface area contributed by atoms with E-state index in [0.717, 1.165) is 25.9 Å². The Morgan fingerprint density at radius 2 is 2.32 bits per heavy atom. The van der Waals surface area contributed by atoms with Crippen molar-refractivity contribution in [3.05, 3.63) is 40.7 Å². The van der Waals surface area contributed by atoms with E-state index in [4.69, 9.17) is 21.7 Å². The predicted molar refractivity (Wildman–Crippen MR) is 98.8 cm³/mol. The highest BCUT2D eigenvalue weighted by Crippen LogP contribution is 2.45. The summed E-state index contributed by atoms with van der Waals surface area (Å²) in [6, 6.07) is 6.97. The molecule has 0 aromatic heterocycles. The van der Waals surface area contributed by atoms with Gasteiger partial charge in [-0.15, -0.1) is 0 Å². The maximum atomic E-state index is 12.8. The van der Waals surface area contributed by atoms with Crippen LogP contribution in [-0.2, 0) is 9.53 Å². The molecule has 25 heavy (non-hydrogen) atoms. The molecule has 7 heteroatoms. The van der Waals surface area contributed by atoms with Crippen LogP contribution < -0.4 is 10.6 Å². The minimum absolute atomic E-state index is 0.137. The van der Waals surface area contributed by atoms with Crippen LogP contribution in [-0.4, -0.2) is 43.4 Å². The van der Waals surface area contributed by atoms with Crippen LogP contribution in [0.4, 0.5) is 5.69 Å². The molecule has 0 atom stereocenters. The molecular weight excluding hydrogens is 340 g/mol. The Morgan fingerprint density at radius 1 is 1.52 bits per heavy atom. The molecule has 1 amide bonds. The van der Waals surface area contributed by atoms with Crippen molar-refractivity contribution < 1.29 is 9.53 Å². The zero-order chi connectivity index (χ0) is 17.9. The van der Waals surface area contributed by atoms with E-state index in [0.29, 0.717) is 29.7 Å². The maximum absolute atomic E-state index is 12.8. The Kier molecular flexibility index (Phi) is 5.30. The van der Waals surface area contributed by atoms with Crippen LogP contribution in [0.5, 0.6) is 0 Å². The molecule has 1 saturated heterocycles. The summed E-state index contributed by atoms with van der Waals surface area (Å²) in [7, 11) is 0. The van der Waals surface area contributed by atoms with Gasteiger partial charge in [-0.2, -0.15) is 0 Å². The Bertz CT molecular complexity index is 694. The number of amides is 1. The molecule has 1 aliphatic heterocycles. The molecule has 1 heterocycles. The number of anilines is 1. The van der Waals surface area contributed by atoms with Gasteiger partial charge >= 0.3 is 0 Å². The second-order valence-corrected chi connectivity index (χ2v) is 7.28. The molecule has 1 aromatic carbocycles. The lowest BCUT2D eigenvalue weighted by atomic mass is 10.2. The summed E-state index contributed by atoms with van der Waals surface area (Å²) in [6.07, 6.45) is 3.39. The van der Waals surface area contributed by atoms with E-state index < -0.39 is 0 Å². The number of halogens is 1. The van der Waals surface area contributed by atoms with Crippen molar-refractivity contribution in [2.75, 3.05) is 31.7 Å². The monoisotopic (exact) mass is 362 g/mol. The third-order valence-electron chi connectivity index (χ3n) is 4.53. The molecule has 1 saturated carbocycles. The summed E-state index contributed by atoms with van der Waals surface area (Å²) in [5.41, 5.74) is 1.23. The first-order chi connectivity index (χ1) is 12.0. The minimum Gasteiger partial charge on any atom is -0.486 e. The SMILES string of the molecule is CC1(CO/C(C(=O)Nc2cccc(Cl)c2)=C(/C=N)N2CCNC2)CC1. The summed E-state index contributed by atoms with van der Waals surface area (Å²) in [6.45, 7) is 4.77. The molecule has 134 valence electrons. The molecule has 2 aliphatic rings. The Balaban J connectivity index is 1.83. The minimum atomic E-state index is -0.364. The van der Waals surface area contributed by atoms with Crippen molar-refractivity contribution in [1.82, 2.24) is 10.2 Å². The van der Waals surface area contributed by atoms with Crippen LogP contribution in [0.2, 0.25) is 5.02 Å². The average Bonchev–Trinajstić information content (AvgIpc) is 3.09. The van der Waals surface area contributed by atoms with Gasteiger partial charge in [-0.25, -0.2) is 0 Å². The molecule has 0 bridgehead atoms. The lowest BCUT2D eigenvalue weighted by Crippen LogP contribution is -2.29. The number of carbonyl (C=O) groups excluding carboxylic acids is 1. The first-order valence-electron chi connectivity index (χ1n) is 8.41. The van der Waals surface area contributed by atoms with Crippen LogP contribution in [0.3, 0.4) is 0 Å². The van der Waals surface area contributed by atoms with E-state index in [1.165, 1.54) is 6.21 Å². The summed E-state index contributed by atoms with van der Waals surface area (Å²) >= 11 is 5.98. The van der Waals surface area contributed by atoms with E-state index in [9.17, 15) is 4.79 Å². The number of rotatable bonds is 7. The first-order valence-corrected chi connectivity index (χ1v) is 8.79. The highest BCUT2D eigenvalue weighted by Gasteiger charge is 2.39. The fraction of sp³-hybridized carbons (Fsp3) is 0.444. The van der Waals surface area contributed by atoms with Gasteiger partial charge in [-0.3, -0.25) is 10.1 Å². The zero-order valence-electron chi connectivity index (χ0n) is 14.3. The molecule has 3 N–H and O–H groups in total. The van der Waals surface area contributed by atoms with Crippen LogP contribution in [0.25, 0.3) is 0 Å². The average molecular weight is 363 g/mol. The number of ether oxygens (including phenoxy) is 1. The summed E-state index contributed by atoms with van der Waals surface area (Å²) < 4.78 is 5.91. The number of hydrogen-bond donors (Lipinski definition) is 3. The number of hydrogen-bond acceptors (Lipinski definition) is 5. The van der Waals surface area contributed by atoms with Crippen molar-refractivity contribution in [1.29, 1.82) is 5.41 Å². The van der Waals surface area contributed by atoms with Gasteiger partial charge in [0.05, 0.1) is 13.3 Å². The van der Waals surface area contributed by atoms with Gasteiger partial charge < -0.3 is 20.4 Å². The quantitative estimate of drug-likeness (QED) is 0.396.